The monoisotopic (exact) mass is 390 g/mol. The quantitative estimate of drug-likeness (QED) is 0.779. The predicted octanol–water partition coefficient (Wildman–Crippen LogP) is 4.16. The summed E-state index contributed by atoms with van der Waals surface area (Å²) < 4.78 is 6.36. The van der Waals surface area contributed by atoms with E-state index in [0.717, 1.165) is 44.5 Å². The molecule has 0 amide bonds. The highest BCUT2D eigenvalue weighted by molar-refractivity contribution is 5.94. The molecule has 2 aromatic rings. The summed E-state index contributed by atoms with van der Waals surface area (Å²) in [6.07, 6.45) is 4.53. The number of ketones is 1. The maximum atomic E-state index is 11.5. The van der Waals surface area contributed by atoms with Crippen LogP contribution in [0.3, 0.4) is 0 Å². The molecule has 1 unspecified atom stereocenters. The smallest absolute Gasteiger partial charge is 0.159 e. The van der Waals surface area contributed by atoms with Gasteiger partial charge in [0, 0.05) is 42.3 Å². The molecule has 29 heavy (non-hydrogen) atoms. The van der Waals surface area contributed by atoms with Gasteiger partial charge in [-0.2, -0.15) is 0 Å². The fourth-order valence-electron chi connectivity index (χ4n) is 5.13. The number of ether oxygens (including phenoxy) is 1. The van der Waals surface area contributed by atoms with Crippen molar-refractivity contribution in [1.82, 2.24) is 5.32 Å². The highest BCUT2D eigenvalue weighted by Gasteiger charge is 2.46. The lowest BCUT2D eigenvalue weighted by Crippen LogP contribution is -2.45. The van der Waals surface area contributed by atoms with E-state index in [9.17, 15) is 4.79 Å². The Labute approximate surface area is 173 Å². The first-order chi connectivity index (χ1) is 14.1. The number of carbonyl (C=O) groups is 1. The minimum absolute atomic E-state index is 0.0463. The molecule has 2 aromatic carbocycles. The number of benzene rings is 2. The number of hydrogen-bond acceptors (Lipinski definition) is 4. The Kier molecular flexibility index (Phi) is 4.92. The highest BCUT2D eigenvalue weighted by atomic mass is 16.5. The van der Waals surface area contributed by atoms with Crippen molar-refractivity contribution in [3.63, 3.8) is 0 Å². The molecule has 0 aromatic heterocycles. The molecule has 1 saturated carbocycles. The Morgan fingerprint density at radius 1 is 1.07 bits per heavy atom. The molecule has 5 rings (SSSR count). The van der Waals surface area contributed by atoms with Crippen LogP contribution in [-0.4, -0.2) is 43.2 Å². The molecule has 152 valence electrons. The summed E-state index contributed by atoms with van der Waals surface area (Å²) in [5.74, 6) is 0.796. The maximum Gasteiger partial charge on any atom is 0.159 e. The van der Waals surface area contributed by atoms with Gasteiger partial charge in [-0.1, -0.05) is 30.3 Å². The molecule has 2 heterocycles. The molecule has 1 N–H and O–H groups in total. The Balaban J connectivity index is 1.13. The van der Waals surface area contributed by atoms with E-state index in [1.807, 2.05) is 12.1 Å². The maximum absolute atomic E-state index is 11.5. The summed E-state index contributed by atoms with van der Waals surface area (Å²) in [4.78, 5) is 13.9. The summed E-state index contributed by atoms with van der Waals surface area (Å²) in [6, 6.07) is 20.0. The first kappa shape index (κ1) is 18.8. The third-order valence-corrected chi connectivity index (χ3v) is 6.99. The Morgan fingerprint density at radius 3 is 2.48 bits per heavy atom. The molecule has 2 saturated heterocycles. The zero-order valence-electron chi connectivity index (χ0n) is 17.1. The third kappa shape index (κ3) is 3.96. The summed E-state index contributed by atoms with van der Waals surface area (Å²) >= 11 is 0. The Hall–Kier alpha value is -2.17. The second-order valence-corrected chi connectivity index (χ2v) is 9.01. The molecule has 3 atom stereocenters. The van der Waals surface area contributed by atoms with Crippen molar-refractivity contribution >= 4 is 11.5 Å². The van der Waals surface area contributed by atoms with E-state index < -0.39 is 0 Å². The fraction of sp³-hybridized carbons (Fsp3) is 0.480. The van der Waals surface area contributed by atoms with E-state index in [4.69, 9.17) is 4.74 Å². The Morgan fingerprint density at radius 2 is 1.79 bits per heavy atom. The largest absolute Gasteiger partial charge is 0.373 e. The van der Waals surface area contributed by atoms with E-state index in [1.54, 1.807) is 6.92 Å². The minimum Gasteiger partial charge on any atom is -0.373 e. The van der Waals surface area contributed by atoms with E-state index in [1.165, 1.54) is 17.7 Å². The number of nitrogens with one attached hydrogen (secondary N) is 1. The first-order valence-electron chi connectivity index (χ1n) is 10.9. The van der Waals surface area contributed by atoms with Crippen molar-refractivity contribution in [3.05, 3.63) is 65.7 Å². The third-order valence-electron chi connectivity index (χ3n) is 6.99. The molecule has 4 nitrogen and oxygen atoms in total. The number of piperidine rings is 1. The van der Waals surface area contributed by atoms with Gasteiger partial charge in [-0.05, 0) is 62.4 Å². The minimum atomic E-state index is 0.0463. The van der Waals surface area contributed by atoms with Gasteiger partial charge in [-0.3, -0.25) is 4.79 Å². The molecule has 2 aliphatic heterocycles. The number of hydrogen-bond donors (Lipinski definition) is 1. The van der Waals surface area contributed by atoms with Crippen molar-refractivity contribution in [2.24, 2.45) is 0 Å². The molecule has 1 spiro atoms. The SMILES string of the molecule is CC(=O)c1ccc(N2CCC3(CC2)CC(N[C@@H]2C[C@H]2c2ccccc2)CO3)cc1. The fourth-order valence-corrected chi connectivity index (χ4v) is 5.13. The van der Waals surface area contributed by atoms with Crippen LogP contribution in [0.15, 0.2) is 54.6 Å². The lowest BCUT2D eigenvalue weighted by Gasteiger charge is -2.39. The van der Waals surface area contributed by atoms with Crippen molar-refractivity contribution in [3.8, 4) is 0 Å². The van der Waals surface area contributed by atoms with Crippen LogP contribution >= 0.6 is 0 Å². The summed E-state index contributed by atoms with van der Waals surface area (Å²) in [7, 11) is 0. The van der Waals surface area contributed by atoms with Gasteiger partial charge in [0.15, 0.2) is 5.78 Å². The van der Waals surface area contributed by atoms with Gasteiger partial charge < -0.3 is 15.0 Å². The van der Waals surface area contributed by atoms with Crippen LogP contribution in [-0.2, 0) is 4.74 Å². The van der Waals surface area contributed by atoms with Crippen molar-refractivity contribution < 1.29 is 9.53 Å². The van der Waals surface area contributed by atoms with E-state index in [0.29, 0.717) is 18.0 Å². The standard InChI is InChI=1S/C25H30N2O2/c1-18(28)19-7-9-22(10-8-19)27-13-11-25(12-14-27)16-21(17-29-25)26-24-15-23(24)20-5-3-2-4-6-20/h2-10,21,23-24,26H,11-17H2,1H3/t21?,23-,24+/m0/s1. The average molecular weight is 391 g/mol. The van der Waals surface area contributed by atoms with Gasteiger partial charge in [0.2, 0.25) is 0 Å². The normalized spacial score (nSPS) is 27.9. The van der Waals surface area contributed by atoms with Crippen LogP contribution in [0.4, 0.5) is 5.69 Å². The summed E-state index contributed by atoms with van der Waals surface area (Å²) in [5, 5.41) is 3.86. The van der Waals surface area contributed by atoms with Crippen LogP contribution in [0.2, 0.25) is 0 Å². The van der Waals surface area contributed by atoms with E-state index >= 15 is 0 Å². The van der Waals surface area contributed by atoms with Gasteiger partial charge in [-0.25, -0.2) is 0 Å². The molecule has 0 radical (unpaired) electrons. The average Bonchev–Trinajstić information content (AvgIpc) is 3.42. The van der Waals surface area contributed by atoms with Crippen LogP contribution < -0.4 is 10.2 Å². The van der Waals surface area contributed by atoms with Crippen LogP contribution in [0, 0.1) is 0 Å². The lowest BCUT2D eigenvalue weighted by molar-refractivity contribution is -0.0150. The number of Topliss-reactive ketones (excluding diaryl/α,β-unsaturated/α-hetero) is 1. The highest BCUT2D eigenvalue weighted by Crippen LogP contribution is 2.43. The van der Waals surface area contributed by atoms with Gasteiger partial charge in [0.05, 0.1) is 12.2 Å². The molecule has 0 bridgehead atoms. The van der Waals surface area contributed by atoms with Crippen molar-refractivity contribution in [2.75, 3.05) is 24.6 Å². The second-order valence-electron chi connectivity index (χ2n) is 9.01. The zero-order valence-corrected chi connectivity index (χ0v) is 17.1. The van der Waals surface area contributed by atoms with Gasteiger partial charge in [-0.15, -0.1) is 0 Å². The molecule has 3 aliphatic rings. The van der Waals surface area contributed by atoms with Gasteiger partial charge in [0.1, 0.15) is 0 Å². The lowest BCUT2D eigenvalue weighted by atomic mass is 9.87. The summed E-state index contributed by atoms with van der Waals surface area (Å²) in [5.41, 5.74) is 3.50. The van der Waals surface area contributed by atoms with Crippen molar-refractivity contribution in [2.45, 2.75) is 56.2 Å². The molecular weight excluding hydrogens is 360 g/mol. The van der Waals surface area contributed by atoms with Crippen LogP contribution in [0.25, 0.3) is 0 Å². The first-order valence-corrected chi connectivity index (χ1v) is 10.9. The Bertz CT molecular complexity index is 856. The molecule has 3 fully saturated rings. The topological polar surface area (TPSA) is 41.6 Å². The molecule has 1 aliphatic carbocycles. The number of rotatable bonds is 5. The second kappa shape index (κ2) is 7.58. The number of anilines is 1. The van der Waals surface area contributed by atoms with Crippen molar-refractivity contribution in [1.29, 1.82) is 0 Å². The number of nitrogens with zero attached hydrogens (tertiary/aromatic N) is 1. The van der Waals surface area contributed by atoms with Crippen LogP contribution in [0.5, 0.6) is 0 Å². The predicted molar refractivity (Wildman–Crippen MR) is 116 cm³/mol. The van der Waals surface area contributed by atoms with Gasteiger partial charge in [0.25, 0.3) is 0 Å². The molecule has 4 heteroatoms. The van der Waals surface area contributed by atoms with E-state index in [-0.39, 0.29) is 11.4 Å². The van der Waals surface area contributed by atoms with Gasteiger partial charge >= 0.3 is 0 Å². The number of carbonyl (C=O) groups excluding carboxylic acids is 1. The van der Waals surface area contributed by atoms with Crippen LogP contribution in [0.1, 0.15) is 54.4 Å². The van der Waals surface area contributed by atoms with E-state index in [2.05, 4.69) is 52.7 Å². The molecular formula is C25H30N2O2. The summed E-state index contributed by atoms with van der Waals surface area (Å²) in [6.45, 7) is 4.49. The zero-order chi connectivity index (χ0) is 19.8.